The Labute approximate surface area is 72.2 Å². The van der Waals surface area contributed by atoms with Gasteiger partial charge in [0.1, 0.15) is 5.78 Å². The molecule has 0 bridgehead atoms. The molecule has 1 atom stereocenters. The summed E-state index contributed by atoms with van der Waals surface area (Å²) in [6.07, 6.45) is 1.26. The fourth-order valence-corrected chi connectivity index (χ4v) is 2.82. The molecule has 0 aromatic heterocycles. The summed E-state index contributed by atoms with van der Waals surface area (Å²) in [5.74, 6) is 0.111. The Kier molecular flexibility index (Phi) is 2.53. The third-order valence-electron chi connectivity index (χ3n) is 2.33. The minimum Gasteiger partial charge on any atom is -0.300 e. The minimum atomic E-state index is -3.45. The zero-order valence-electron chi connectivity index (χ0n) is 6.99. The standard InChI is InChI=1S/C7H13NO3S/c1-2-7(12(8,10)11)5-3-6(9)4-5/h5,7H,2-4H2,1H3,(H2,8,10,11). The zero-order chi connectivity index (χ0) is 9.35. The van der Waals surface area contributed by atoms with Gasteiger partial charge in [-0.2, -0.15) is 0 Å². The van der Waals surface area contributed by atoms with E-state index in [2.05, 4.69) is 0 Å². The molecule has 0 aromatic carbocycles. The molecule has 4 nitrogen and oxygen atoms in total. The predicted molar refractivity (Wildman–Crippen MR) is 44.9 cm³/mol. The molecule has 0 amide bonds. The Balaban J connectivity index is 2.65. The Bertz CT molecular complexity index is 275. The molecule has 0 aromatic rings. The number of hydrogen-bond donors (Lipinski definition) is 1. The molecule has 1 unspecified atom stereocenters. The van der Waals surface area contributed by atoms with Crippen LogP contribution in [-0.2, 0) is 14.8 Å². The van der Waals surface area contributed by atoms with Gasteiger partial charge in [-0.3, -0.25) is 4.79 Å². The number of hydrogen-bond acceptors (Lipinski definition) is 3. The number of nitrogens with two attached hydrogens (primary N) is 1. The van der Waals surface area contributed by atoms with Gasteiger partial charge in [0.15, 0.2) is 0 Å². The monoisotopic (exact) mass is 191 g/mol. The van der Waals surface area contributed by atoms with E-state index in [1.54, 1.807) is 6.92 Å². The molecule has 0 radical (unpaired) electrons. The molecule has 2 N–H and O–H groups in total. The van der Waals surface area contributed by atoms with Crippen LogP contribution >= 0.6 is 0 Å². The van der Waals surface area contributed by atoms with Crippen LogP contribution in [0, 0.1) is 5.92 Å². The topological polar surface area (TPSA) is 77.2 Å². The Morgan fingerprint density at radius 1 is 1.58 bits per heavy atom. The molecular weight excluding hydrogens is 178 g/mol. The van der Waals surface area contributed by atoms with Crippen LogP contribution < -0.4 is 5.14 Å². The molecule has 1 rings (SSSR count). The molecule has 1 aliphatic carbocycles. The van der Waals surface area contributed by atoms with E-state index in [4.69, 9.17) is 5.14 Å². The number of Topliss-reactive ketones (excluding diaryl/α,β-unsaturated/α-hetero) is 1. The van der Waals surface area contributed by atoms with Crippen molar-refractivity contribution in [2.45, 2.75) is 31.4 Å². The fourth-order valence-electron chi connectivity index (χ4n) is 1.62. The Morgan fingerprint density at radius 3 is 2.33 bits per heavy atom. The van der Waals surface area contributed by atoms with Crippen molar-refractivity contribution in [2.24, 2.45) is 11.1 Å². The van der Waals surface area contributed by atoms with Gasteiger partial charge in [0.25, 0.3) is 0 Å². The third-order valence-corrected chi connectivity index (χ3v) is 3.89. The van der Waals surface area contributed by atoms with Gasteiger partial charge in [-0.05, 0) is 12.3 Å². The SMILES string of the molecule is CCC(C1CC(=O)C1)S(N)(=O)=O. The van der Waals surface area contributed by atoms with Crippen molar-refractivity contribution in [1.29, 1.82) is 0 Å². The molecule has 12 heavy (non-hydrogen) atoms. The van der Waals surface area contributed by atoms with Crippen molar-refractivity contribution >= 4 is 15.8 Å². The largest absolute Gasteiger partial charge is 0.300 e. The summed E-state index contributed by atoms with van der Waals surface area (Å²) in [7, 11) is -3.45. The van der Waals surface area contributed by atoms with Gasteiger partial charge >= 0.3 is 0 Å². The Hall–Kier alpha value is -0.420. The molecular formula is C7H13NO3S. The van der Waals surface area contributed by atoms with E-state index < -0.39 is 15.3 Å². The van der Waals surface area contributed by atoms with E-state index >= 15 is 0 Å². The molecule has 1 fully saturated rings. The van der Waals surface area contributed by atoms with Gasteiger partial charge in [0, 0.05) is 12.8 Å². The third kappa shape index (κ3) is 1.84. The minimum absolute atomic E-state index is 0.0301. The van der Waals surface area contributed by atoms with E-state index in [0.717, 1.165) is 0 Å². The lowest BCUT2D eigenvalue weighted by atomic mass is 9.81. The highest BCUT2D eigenvalue weighted by Crippen LogP contribution is 2.30. The highest BCUT2D eigenvalue weighted by Gasteiger charge is 2.38. The molecule has 0 spiro atoms. The number of sulfonamides is 1. The molecule has 0 saturated heterocycles. The quantitative estimate of drug-likeness (QED) is 0.683. The lowest BCUT2D eigenvalue weighted by Gasteiger charge is -2.30. The van der Waals surface area contributed by atoms with Gasteiger partial charge in [0.05, 0.1) is 5.25 Å². The Morgan fingerprint density at radius 2 is 2.08 bits per heavy atom. The zero-order valence-corrected chi connectivity index (χ0v) is 7.80. The van der Waals surface area contributed by atoms with Crippen LogP contribution in [-0.4, -0.2) is 19.5 Å². The summed E-state index contributed by atoms with van der Waals surface area (Å²) < 4.78 is 21.9. The second kappa shape index (κ2) is 3.14. The first-order valence-corrected chi connectivity index (χ1v) is 5.59. The van der Waals surface area contributed by atoms with Crippen LogP contribution in [0.15, 0.2) is 0 Å². The molecule has 1 saturated carbocycles. The molecule has 5 heteroatoms. The van der Waals surface area contributed by atoms with Gasteiger partial charge in [-0.15, -0.1) is 0 Å². The van der Waals surface area contributed by atoms with E-state index in [1.807, 2.05) is 0 Å². The van der Waals surface area contributed by atoms with Crippen LogP contribution in [0.25, 0.3) is 0 Å². The second-order valence-electron chi connectivity index (χ2n) is 3.24. The van der Waals surface area contributed by atoms with Crippen molar-refractivity contribution in [3.63, 3.8) is 0 Å². The van der Waals surface area contributed by atoms with Crippen molar-refractivity contribution < 1.29 is 13.2 Å². The summed E-state index contributed by atoms with van der Waals surface area (Å²) in [5.41, 5.74) is 0. The van der Waals surface area contributed by atoms with Crippen molar-refractivity contribution in [1.82, 2.24) is 0 Å². The first-order chi connectivity index (χ1) is 5.45. The number of rotatable bonds is 3. The van der Waals surface area contributed by atoms with E-state index in [1.165, 1.54) is 0 Å². The molecule has 0 heterocycles. The number of carbonyl (C=O) groups excluding carboxylic acids is 1. The summed E-state index contributed by atoms with van der Waals surface area (Å²) in [6.45, 7) is 1.78. The molecule has 0 aliphatic heterocycles. The molecule has 1 aliphatic rings. The van der Waals surface area contributed by atoms with Crippen LogP contribution in [0.5, 0.6) is 0 Å². The maximum absolute atomic E-state index is 11.0. The summed E-state index contributed by atoms with van der Waals surface area (Å²) in [4.78, 5) is 10.6. The van der Waals surface area contributed by atoms with E-state index in [9.17, 15) is 13.2 Å². The maximum Gasteiger partial charge on any atom is 0.212 e. The van der Waals surface area contributed by atoms with Crippen LogP contribution in [0.1, 0.15) is 26.2 Å². The highest BCUT2D eigenvalue weighted by molar-refractivity contribution is 7.89. The second-order valence-corrected chi connectivity index (χ2v) is 5.03. The van der Waals surface area contributed by atoms with Gasteiger partial charge < -0.3 is 0 Å². The predicted octanol–water partition coefficient (Wildman–Crippen LogP) is 0.0326. The average molecular weight is 191 g/mol. The van der Waals surface area contributed by atoms with E-state index in [0.29, 0.717) is 19.3 Å². The normalized spacial score (nSPS) is 22.0. The summed E-state index contributed by atoms with van der Waals surface area (Å²) in [6, 6.07) is 0. The molecule has 70 valence electrons. The van der Waals surface area contributed by atoms with Crippen LogP contribution in [0.3, 0.4) is 0 Å². The summed E-state index contributed by atoms with van der Waals surface area (Å²) in [5, 5.41) is 4.49. The van der Waals surface area contributed by atoms with Crippen LogP contribution in [0.4, 0.5) is 0 Å². The van der Waals surface area contributed by atoms with Gasteiger partial charge in [-0.1, -0.05) is 6.92 Å². The van der Waals surface area contributed by atoms with Crippen molar-refractivity contribution in [3.05, 3.63) is 0 Å². The van der Waals surface area contributed by atoms with Gasteiger partial charge in [0.2, 0.25) is 10.0 Å². The fraction of sp³-hybridized carbons (Fsp3) is 0.857. The van der Waals surface area contributed by atoms with Crippen molar-refractivity contribution in [3.8, 4) is 0 Å². The van der Waals surface area contributed by atoms with Gasteiger partial charge in [-0.25, -0.2) is 13.6 Å². The number of ketones is 1. The lowest BCUT2D eigenvalue weighted by molar-refractivity contribution is -0.126. The van der Waals surface area contributed by atoms with Crippen LogP contribution in [0.2, 0.25) is 0 Å². The average Bonchev–Trinajstić information content (AvgIpc) is 1.82. The van der Waals surface area contributed by atoms with Crippen molar-refractivity contribution in [2.75, 3.05) is 0 Å². The number of carbonyl (C=O) groups is 1. The smallest absolute Gasteiger partial charge is 0.212 e. The number of primary sulfonamides is 1. The van der Waals surface area contributed by atoms with E-state index in [-0.39, 0.29) is 11.7 Å². The first-order valence-electron chi connectivity index (χ1n) is 3.98. The first kappa shape index (κ1) is 9.67. The highest BCUT2D eigenvalue weighted by atomic mass is 32.2. The maximum atomic E-state index is 11.0. The lowest BCUT2D eigenvalue weighted by Crippen LogP contribution is -2.41. The summed E-state index contributed by atoms with van der Waals surface area (Å²) >= 11 is 0.